The molecule has 1 N–H and O–H groups in total. The van der Waals surface area contributed by atoms with Crippen LogP contribution in [-0.4, -0.2) is 35.9 Å². The molecule has 39 heavy (non-hydrogen) atoms. The Balaban J connectivity index is 1.53. The number of aromatic nitrogens is 2. The van der Waals surface area contributed by atoms with Gasteiger partial charge in [-0.3, -0.25) is 14.1 Å². The molecule has 1 aliphatic rings. The predicted octanol–water partition coefficient (Wildman–Crippen LogP) is 4.18. The van der Waals surface area contributed by atoms with Crippen molar-refractivity contribution in [3.05, 3.63) is 106 Å². The highest BCUT2D eigenvalue weighted by Gasteiger charge is 2.30. The van der Waals surface area contributed by atoms with E-state index < -0.39 is 39.2 Å². The Morgan fingerprint density at radius 2 is 1.72 bits per heavy atom. The van der Waals surface area contributed by atoms with E-state index in [2.05, 4.69) is 9.71 Å². The summed E-state index contributed by atoms with van der Waals surface area (Å²) in [5, 5.41) is 0. The first kappa shape index (κ1) is 26.4. The maximum absolute atomic E-state index is 15.3. The molecule has 1 aliphatic heterocycles. The van der Waals surface area contributed by atoms with E-state index in [1.54, 1.807) is 0 Å². The summed E-state index contributed by atoms with van der Waals surface area (Å²) >= 11 is 0. The van der Waals surface area contributed by atoms with Crippen molar-refractivity contribution in [1.82, 2.24) is 13.9 Å². The number of pyridine rings is 2. The van der Waals surface area contributed by atoms with Crippen molar-refractivity contribution in [3.63, 3.8) is 0 Å². The molecule has 5 rings (SSSR count). The van der Waals surface area contributed by atoms with Crippen molar-refractivity contribution in [2.45, 2.75) is 13.0 Å². The van der Waals surface area contributed by atoms with Crippen LogP contribution in [0.1, 0.15) is 11.3 Å². The summed E-state index contributed by atoms with van der Waals surface area (Å²) in [4.78, 5) is 16.5. The molecule has 0 radical (unpaired) electrons. The Labute approximate surface area is 220 Å². The predicted molar refractivity (Wildman–Crippen MR) is 135 cm³/mol. The van der Waals surface area contributed by atoms with Crippen LogP contribution in [0.3, 0.4) is 0 Å². The second kappa shape index (κ2) is 10.2. The van der Waals surface area contributed by atoms with Gasteiger partial charge >= 0.3 is 10.2 Å². The molecule has 0 saturated heterocycles. The van der Waals surface area contributed by atoms with E-state index in [1.807, 2.05) is 0 Å². The third-order valence-electron chi connectivity index (χ3n) is 6.20. The number of methoxy groups -OCH3 is 1. The molecule has 8 nitrogen and oxygen atoms in total. The van der Waals surface area contributed by atoms with Gasteiger partial charge in [-0.25, -0.2) is 18.2 Å². The van der Waals surface area contributed by atoms with Crippen molar-refractivity contribution in [3.8, 4) is 22.6 Å². The van der Waals surface area contributed by atoms with E-state index in [9.17, 15) is 26.4 Å². The number of nitrogens with zero attached hydrogens (tertiary/aromatic N) is 3. The Hall–Kier alpha value is -4.23. The fraction of sp³-hybridized carbons (Fsp3) is 0.154. The van der Waals surface area contributed by atoms with Crippen LogP contribution in [0.25, 0.3) is 16.8 Å². The first-order chi connectivity index (χ1) is 18.6. The fourth-order valence-electron chi connectivity index (χ4n) is 4.48. The number of hydrogen-bond donors (Lipinski definition) is 1. The van der Waals surface area contributed by atoms with Gasteiger partial charge in [0.15, 0.2) is 0 Å². The summed E-state index contributed by atoms with van der Waals surface area (Å²) in [6, 6.07) is 11.3. The zero-order chi connectivity index (χ0) is 27.9. The lowest BCUT2D eigenvalue weighted by molar-refractivity contribution is 0.385. The van der Waals surface area contributed by atoms with Crippen LogP contribution < -0.4 is 15.0 Å². The van der Waals surface area contributed by atoms with Crippen molar-refractivity contribution >= 4 is 16.0 Å². The molecule has 2 aromatic heterocycles. The molecule has 0 amide bonds. The van der Waals surface area contributed by atoms with Crippen LogP contribution in [0.15, 0.2) is 65.5 Å². The normalized spacial score (nSPS) is 13.7. The Morgan fingerprint density at radius 1 is 0.974 bits per heavy atom. The zero-order valence-electron chi connectivity index (χ0n) is 20.3. The third-order valence-corrected chi connectivity index (χ3v) is 7.66. The van der Waals surface area contributed by atoms with Crippen molar-refractivity contribution < 1.29 is 30.7 Å². The molecule has 0 aliphatic carbocycles. The molecule has 0 saturated carbocycles. The number of halogens is 4. The summed E-state index contributed by atoms with van der Waals surface area (Å²) in [6.45, 7) is -0.182. The second-order valence-electron chi connectivity index (χ2n) is 8.68. The van der Waals surface area contributed by atoms with Crippen LogP contribution in [0.2, 0.25) is 0 Å². The van der Waals surface area contributed by atoms with Gasteiger partial charge < -0.3 is 4.74 Å². The van der Waals surface area contributed by atoms with E-state index in [-0.39, 0.29) is 47.9 Å². The van der Waals surface area contributed by atoms with Gasteiger partial charge in [0.05, 0.1) is 12.8 Å². The molecular weight excluding hydrogens is 540 g/mol. The Morgan fingerprint density at radius 3 is 2.41 bits per heavy atom. The number of hydrogen-bond acceptors (Lipinski definition) is 5. The number of fused-ring (bicyclic) bond motifs is 1. The van der Waals surface area contributed by atoms with E-state index in [4.69, 9.17) is 4.74 Å². The van der Waals surface area contributed by atoms with Crippen LogP contribution in [0.4, 0.5) is 23.4 Å². The maximum atomic E-state index is 15.3. The van der Waals surface area contributed by atoms with Gasteiger partial charge in [0.2, 0.25) is 5.95 Å². The van der Waals surface area contributed by atoms with Crippen molar-refractivity contribution in [2.24, 2.45) is 0 Å². The summed E-state index contributed by atoms with van der Waals surface area (Å²) < 4.78 is 92.0. The van der Waals surface area contributed by atoms with Gasteiger partial charge in [-0.05, 0) is 41.5 Å². The summed E-state index contributed by atoms with van der Waals surface area (Å²) in [5.41, 5.74) is 0.224. The van der Waals surface area contributed by atoms with Gasteiger partial charge in [0.25, 0.3) is 5.56 Å². The second-order valence-corrected chi connectivity index (χ2v) is 10.3. The molecule has 0 fully saturated rings. The van der Waals surface area contributed by atoms with Crippen LogP contribution in [0, 0.1) is 23.4 Å². The van der Waals surface area contributed by atoms with Crippen molar-refractivity contribution in [1.29, 1.82) is 0 Å². The van der Waals surface area contributed by atoms with Crippen LogP contribution >= 0.6 is 0 Å². The number of benzene rings is 2. The number of anilines is 1. The smallest absolute Gasteiger partial charge is 0.303 e. The largest absolute Gasteiger partial charge is 0.495 e. The lowest BCUT2D eigenvalue weighted by Crippen LogP contribution is -2.41. The Kier molecular flexibility index (Phi) is 6.87. The molecule has 0 bridgehead atoms. The van der Waals surface area contributed by atoms with Gasteiger partial charge in [-0.1, -0.05) is 12.1 Å². The van der Waals surface area contributed by atoms with Crippen LogP contribution in [0.5, 0.6) is 5.75 Å². The van der Waals surface area contributed by atoms with Crippen molar-refractivity contribution in [2.75, 3.05) is 18.4 Å². The zero-order valence-corrected chi connectivity index (χ0v) is 21.1. The molecular formula is C26H20F4N4O4S. The maximum Gasteiger partial charge on any atom is 0.303 e. The van der Waals surface area contributed by atoms with E-state index >= 15 is 4.39 Å². The first-order valence-electron chi connectivity index (χ1n) is 11.5. The molecule has 3 heterocycles. The minimum Gasteiger partial charge on any atom is -0.495 e. The average Bonchev–Trinajstić information content (AvgIpc) is 2.87. The number of rotatable bonds is 6. The Bertz CT molecular complexity index is 1740. The molecule has 4 aromatic rings. The summed E-state index contributed by atoms with van der Waals surface area (Å²) in [7, 11) is -2.83. The lowest BCUT2D eigenvalue weighted by Gasteiger charge is -2.30. The molecule has 2 aromatic carbocycles. The molecule has 202 valence electrons. The highest BCUT2D eigenvalue weighted by Crippen LogP contribution is 2.34. The highest BCUT2D eigenvalue weighted by atomic mass is 32.2. The topological polar surface area (TPSA) is 93.5 Å². The van der Waals surface area contributed by atoms with Gasteiger partial charge in [0, 0.05) is 49.0 Å². The minimum atomic E-state index is -4.13. The molecule has 0 atom stereocenters. The summed E-state index contributed by atoms with van der Waals surface area (Å²) in [5.74, 6) is -3.61. The standard InChI is InChI=1S/C26H20F4N4O4S/c1-38-23-12-19(16-9-17(27)11-18(28)10-16)20(29)13-22(23)34-21-7-8-33(14-15(21)5-6-26(34)35)39(36,37)32-25-4-2-3-24(30)31-25/h2-6,9-13H,7-8,14H2,1H3,(H,31,32). The van der Waals surface area contributed by atoms with E-state index in [0.717, 1.165) is 28.6 Å². The van der Waals surface area contributed by atoms with Gasteiger partial charge in [-0.15, -0.1) is 0 Å². The SMILES string of the molecule is COc1cc(-c2cc(F)cc(F)c2)c(F)cc1-n1c2c(ccc1=O)CN(S(=O)(=O)Nc1cccc(F)n1)CC2. The van der Waals surface area contributed by atoms with Gasteiger partial charge in [-0.2, -0.15) is 17.1 Å². The first-order valence-corrected chi connectivity index (χ1v) is 13.0. The number of ether oxygens (including phenoxy) is 1. The number of nitrogens with one attached hydrogen (secondary N) is 1. The van der Waals surface area contributed by atoms with Crippen LogP contribution in [-0.2, 0) is 23.2 Å². The van der Waals surface area contributed by atoms with E-state index in [0.29, 0.717) is 17.3 Å². The quantitative estimate of drug-likeness (QED) is 0.282. The molecule has 13 heteroatoms. The fourth-order valence-corrected chi connectivity index (χ4v) is 5.63. The van der Waals surface area contributed by atoms with E-state index in [1.165, 1.54) is 42.0 Å². The summed E-state index contributed by atoms with van der Waals surface area (Å²) in [6.07, 6.45) is 0.0739. The molecule has 0 spiro atoms. The lowest BCUT2D eigenvalue weighted by atomic mass is 10.0. The van der Waals surface area contributed by atoms with Gasteiger partial charge in [0.1, 0.15) is 29.0 Å². The average molecular weight is 561 g/mol. The highest BCUT2D eigenvalue weighted by molar-refractivity contribution is 7.90. The minimum absolute atomic E-state index is 0.0378. The third kappa shape index (κ3) is 5.22. The molecule has 0 unspecified atom stereocenters. The monoisotopic (exact) mass is 560 g/mol.